The number of sulfone groups is 1. The van der Waals surface area contributed by atoms with Crippen LogP contribution in [0.4, 0.5) is 0 Å². The SMILES string of the molecule is CC(O)CCNC1CCS(=O)(=O)c2ccccc21. The fourth-order valence-electron chi connectivity index (χ4n) is 2.27. The number of fused-ring (bicyclic) bond motifs is 1. The topological polar surface area (TPSA) is 66.4 Å². The third-order valence-electron chi connectivity index (χ3n) is 3.26. The van der Waals surface area contributed by atoms with Gasteiger partial charge < -0.3 is 10.4 Å². The predicted molar refractivity (Wildman–Crippen MR) is 70.2 cm³/mol. The van der Waals surface area contributed by atoms with Crippen LogP contribution in [0, 0.1) is 0 Å². The molecular weight excluding hydrogens is 250 g/mol. The van der Waals surface area contributed by atoms with Crippen molar-refractivity contribution < 1.29 is 13.5 Å². The first-order valence-electron chi connectivity index (χ1n) is 6.24. The lowest BCUT2D eigenvalue weighted by Gasteiger charge is -2.26. The first kappa shape index (κ1) is 13.5. The summed E-state index contributed by atoms with van der Waals surface area (Å²) < 4.78 is 23.9. The van der Waals surface area contributed by atoms with E-state index in [0.717, 1.165) is 5.56 Å². The molecule has 0 saturated heterocycles. The highest BCUT2D eigenvalue weighted by Gasteiger charge is 2.29. The van der Waals surface area contributed by atoms with Gasteiger partial charge in [0.1, 0.15) is 0 Å². The van der Waals surface area contributed by atoms with Crippen molar-refractivity contribution in [3.63, 3.8) is 0 Å². The normalized spacial score (nSPS) is 23.3. The van der Waals surface area contributed by atoms with Gasteiger partial charge in [0.2, 0.25) is 0 Å². The van der Waals surface area contributed by atoms with Crippen molar-refractivity contribution >= 4 is 9.84 Å². The zero-order valence-electron chi connectivity index (χ0n) is 10.5. The lowest BCUT2D eigenvalue weighted by atomic mass is 10.0. The molecule has 1 aliphatic rings. The van der Waals surface area contributed by atoms with Crippen molar-refractivity contribution in [2.75, 3.05) is 12.3 Å². The summed E-state index contributed by atoms with van der Waals surface area (Å²) in [7, 11) is -3.11. The van der Waals surface area contributed by atoms with Gasteiger partial charge in [-0.05, 0) is 37.9 Å². The van der Waals surface area contributed by atoms with Gasteiger partial charge in [-0.15, -0.1) is 0 Å². The van der Waals surface area contributed by atoms with Crippen LogP contribution in [0.5, 0.6) is 0 Å². The van der Waals surface area contributed by atoms with E-state index in [-0.39, 0.29) is 17.9 Å². The van der Waals surface area contributed by atoms with Crippen LogP contribution < -0.4 is 5.32 Å². The number of benzene rings is 1. The van der Waals surface area contributed by atoms with Crippen LogP contribution in [0.15, 0.2) is 29.2 Å². The van der Waals surface area contributed by atoms with Crippen molar-refractivity contribution in [2.45, 2.75) is 36.8 Å². The van der Waals surface area contributed by atoms with Crippen LogP contribution in [0.25, 0.3) is 0 Å². The highest BCUT2D eigenvalue weighted by molar-refractivity contribution is 7.91. The average molecular weight is 269 g/mol. The summed E-state index contributed by atoms with van der Waals surface area (Å²) >= 11 is 0. The van der Waals surface area contributed by atoms with E-state index in [0.29, 0.717) is 24.3 Å². The van der Waals surface area contributed by atoms with Crippen LogP contribution in [0.2, 0.25) is 0 Å². The summed E-state index contributed by atoms with van der Waals surface area (Å²) in [5.41, 5.74) is 0.856. The first-order valence-corrected chi connectivity index (χ1v) is 7.89. The first-order chi connectivity index (χ1) is 8.50. The lowest BCUT2D eigenvalue weighted by molar-refractivity contribution is 0.182. The zero-order chi connectivity index (χ0) is 13.2. The van der Waals surface area contributed by atoms with Gasteiger partial charge in [-0.1, -0.05) is 18.2 Å². The van der Waals surface area contributed by atoms with Crippen molar-refractivity contribution in [3.05, 3.63) is 29.8 Å². The van der Waals surface area contributed by atoms with Gasteiger partial charge in [0.15, 0.2) is 9.84 Å². The molecule has 0 amide bonds. The molecule has 1 aromatic carbocycles. The molecule has 0 aliphatic carbocycles. The molecule has 0 aromatic heterocycles. The minimum atomic E-state index is -3.11. The maximum absolute atomic E-state index is 11.9. The summed E-state index contributed by atoms with van der Waals surface area (Å²) in [6.45, 7) is 2.44. The minimum absolute atomic E-state index is 0.0727. The Hall–Kier alpha value is -0.910. The Bertz CT molecular complexity index is 511. The zero-order valence-corrected chi connectivity index (χ0v) is 11.3. The minimum Gasteiger partial charge on any atom is -0.393 e. The summed E-state index contributed by atoms with van der Waals surface area (Å²) in [6, 6.07) is 7.24. The van der Waals surface area contributed by atoms with Gasteiger partial charge in [0.25, 0.3) is 0 Å². The van der Waals surface area contributed by atoms with E-state index in [1.807, 2.05) is 12.1 Å². The highest BCUT2D eigenvalue weighted by atomic mass is 32.2. The molecule has 2 unspecified atom stereocenters. The van der Waals surface area contributed by atoms with Crippen LogP contribution in [0.3, 0.4) is 0 Å². The molecule has 1 heterocycles. The van der Waals surface area contributed by atoms with Crippen molar-refractivity contribution in [1.82, 2.24) is 5.32 Å². The Balaban J connectivity index is 2.16. The average Bonchev–Trinajstić information content (AvgIpc) is 2.32. The molecule has 18 heavy (non-hydrogen) atoms. The van der Waals surface area contributed by atoms with E-state index in [1.165, 1.54) is 0 Å². The van der Waals surface area contributed by atoms with Crippen LogP contribution in [-0.2, 0) is 9.84 Å². The Kier molecular flexibility index (Phi) is 4.04. The van der Waals surface area contributed by atoms with Crippen molar-refractivity contribution in [1.29, 1.82) is 0 Å². The number of aliphatic hydroxyl groups is 1. The molecule has 5 heteroatoms. The summed E-state index contributed by atoms with van der Waals surface area (Å²) in [4.78, 5) is 0.450. The maximum atomic E-state index is 11.9. The molecule has 2 atom stereocenters. The van der Waals surface area contributed by atoms with Gasteiger partial charge in [-0.2, -0.15) is 0 Å². The molecule has 2 N–H and O–H groups in total. The fourth-order valence-corrected chi connectivity index (χ4v) is 3.89. The second-order valence-corrected chi connectivity index (χ2v) is 6.87. The molecule has 0 radical (unpaired) electrons. The van der Waals surface area contributed by atoms with E-state index < -0.39 is 9.84 Å². The standard InChI is InChI=1S/C13H19NO3S/c1-10(15)6-8-14-12-7-9-18(16,17)13-5-3-2-4-11(12)13/h2-5,10,12,14-15H,6-9H2,1H3. The van der Waals surface area contributed by atoms with Crippen molar-refractivity contribution in [2.24, 2.45) is 0 Å². The smallest absolute Gasteiger partial charge is 0.178 e. The molecule has 1 aromatic rings. The van der Waals surface area contributed by atoms with E-state index in [2.05, 4.69) is 5.32 Å². The van der Waals surface area contributed by atoms with Crippen LogP contribution in [0.1, 0.15) is 31.4 Å². The lowest BCUT2D eigenvalue weighted by Crippen LogP contribution is -2.31. The Morgan fingerprint density at radius 3 is 2.89 bits per heavy atom. The second kappa shape index (κ2) is 5.38. The van der Waals surface area contributed by atoms with Crippen LogP contribution in [-0.4, -0.2) is 31.9 Å². The quantitative estimate of drug-likeness (QED) is 0.864. The molecule has 0 spiro atoms. The van der Waals surface area contributed by atoms with E-state index in [9.17, 15) is 13.5 Å². The third kappa shape index (κ3) is 2.91. The molecular formula is C13H19NO3S. The monoisotopic (exact) mass is 269 g/mol. The molecule has 4 nitrogen and oxygen atoms in total. The number of hydrogen-bond donors (Lipinski definition) is 2. The summed E-state index contributed by atoms with van der Waals surface area (Å²) in [5, 5.41) is 12.5. The molecule has 100 valence electrons. The van der Waals surface area contributed by atoms with Crippen LogP contribution >= 0.6 is 0 Å². The summed E-state index contributed by atoms with van der Waals surface area (Å²) in [5.74, 6) is 0.191. The largest absolute Gasteiger partial charge is 0.393 e. The van der Waals surface area contributed by atoms with Gasteiger partial charge in [0, 0.05) is 6.04 Å². The molecule has 2 rings (SSSR count). The number of nitrogens with one attached hydrogen (secondary N) is 1. The number of aliphatic hydroxyl groups excluding tert-OH is 1. The Morgan fingerprint density at radius 1 is 1.44 bits per heavy atom. The fraction of sp³-hybridized carbons (Fsp3) is 0.538. The van der Waals surface area contributed by atoms with E-state index >= 15 is 0 Å². The number of rotatable bonds is 4. The molecule has 0 fully saturated rings. The van der Waals surface area contributed by atoms with Gasteiger partial charge in [0.05, 0.1) is 16.8 Å². The summed E-state index contributed by atoms with van der Waals surface area (Å²) in [6.07, 6.45) is 0.935. The molecule has 1 aliphatic heterocycles. The van der Waals surface area contributed by atoms with E-state index in [4.69, 9.17) is 0 Å². The second-order valence-electron chi connectivity index (χ2n) is 4.79. The van der Waals surface area contributed by atoms with E-state index in [1.54, 1.807) is 19.1 Å². The maximum Gasteiger partial charge on any atom is 0.178 e. The van der Waals surface area contributed by atoms with Gasteiger partial charge in [-0.3, -0.25) is 0 Å². The highest BCUT2D eigenvalue weighted by Crippen LogP contribution is 2.31. The predicted octanol–water partition coefficient (Wildman–Crippen LogP) is 1.27. The van der Waals surface area contributed by atoms with Gasteiger partial charge >= 0.3 is 0 Å². The molecule has 0 bridgehead atoms. The third-order valence-corrected chi connectivity index (χ3v) is 5.07. The molecule has 0 saturated carbocycles. The van der Waals surface area contributed by atoms with Crippen molar-refractivity contribution in [3.8, 4) is 0 Å². The Labute approximate surface area is 108 Å². The number of hydrogen-bond acceptors (Lipinski definition) is 4. The van der Waals surface area contributed by atoms with Gasteiger partial charge in [-0.25, -0.2) is 8.42 Å². The Morgan fingerprint density at radius 2 is 2.17 bits per heavy atom.